The van der Waals surface area contributed by atoms with E-state index in [1.807, 2.05) is 33.0 Å². The molecule has 0 bridgehead atoms. The maximum atomic E-state index is 5.11. The number of aromatic nitrogens is 1. The SMILES string of the molecule is Cc1cncc(NC(=S)NC(C)C)c1. The van der Waals surface area contributed by atoms with Crippen LogP contribution in [-0.4, -0.2) is 16.1 Å². The molecule has 0 fully saturated rings. The van der Waals surface area contributed by atoms with E-state index < -0.39 is 0 Å². The minimum atomic E-state index is 0.341. The lowest BCUT2D eigenvalue weighted by Gasteiger charge is -2.12. The van der Waals surface area contributed by atoms with Gasteiger partial charge in [-0.25, -0.2) is 0 Å². The van der Waals surface area contributed by atoms with E-state index in [9.17, 15) is 0 Å². The maximum absolute atomic E-state index is 5.11. The van der Waals surface area contributed by atoms with E-state index >= 15 is 0 Å². The molecule has 1 aromatic rings. The highest BCUT2D eigenvalue weighted by Crippen LogP contribution is 2.06. The molecule has 14 heavy (non-hydrogen) atoms. The Morgan fingerprint density at radius 3 is 2.71 bits per heavy atom. The van der Waals surface area contributed by atoms with Crippen molar-refractivity contribution in [1.82, 2.24) is 10.3 Å². The highest BCUT2D eigenvalue weighted by molar-refractivity contribution is 7.80. The van der Waals surface area contributed by atoms with Gasteiger partial charge in [-0.3, -0.25) is 4.98 Å². The van der Waals surface area contributed by atoms with E-state index in [0.29, 0.717) is 11.2 Å². The summed E-state index contributed by atoms with van der Waals surface area (Å²) in [6.45, 7) is 6.09. The van der Waals surface area contributed by atoms with E-state index in [1.54, 1.807) is 6.20 Å². The smallest absolute Gasteiger partial charge is 0.171 e. The topological polar surface area (TPSA) is 37.0 Å². The fourth-order valence-electron chi connectivity index (χ4n) is 1.05. The number of hydrogen-bond donors (Lipinski definition) is 2. The Balaban J connectivity index is 2.56. The fourth-order valence-corrected chi connectivity index (χ4v) is 1.41. The van der Waals surface area contributed by atoms with Gasteiger partial charge in [0.05, 0.1) is 11.9 Å². The monoisotopic (exact) mass is 209 g/mol. The lowest BCUT2D eigenvalue weighted by molar-refractivity contribution is 0.739. The lowest BCUT2D eigenvalue weighted by atomic mass is 10.3. The van der Waals surface area contributed by atoms with Crippen molar-refractivity contribution in [3.63, 3.8) is 0 Å². The van der Waals surface area contributed by atoms with Crippen LogP contribution >= 0.6 is 12.2 Å². The molecule has 0 saturated carbocycles. The third kappa shape index (κ3) is 3.70. The Kier molecular flexibility index (Phi) is 3.83. The molecule has 0 aliphatic carbocycles. The van der Waals surface area contributed by atoms with Gasteiger partial charge in [-0.05, 0) is 44.6 Å². The Bertz CT molecular complexity index is 323. The van der Waals surface area contributed by atoms with Crippen LogP contribution in [0.3, 0.4) is 0 Å². The summed E-state index contributed by atoms with van der Waals surface area (Å²) in [5.41, 5.74) is 2.03. The highest BCUT2D eigenvalue weighted by Gasteiger charge is 1.99. The van der Waals surface area contributed by atoms with Gasteiger partial charge in [0, 0.05) is 12.2 Å². The van der Waals surface area contributed by atoms with Gasteiger partial charge in [-0.2, -0.15) is 0 Å². The minimum Gasteiger partial charge on any atom is -0.360 e. The van der Waals surface area contributed by atoms with Crippen LogP contribution in [-0.2, 0) is 0 Å². The summed E-state index contributed by atoms with van der Waals surface area (Å²) in [6.07, 6.45) is 3.56. The third-order valence-electron chi connectivity index (χ3n) is 1.55. The zero-order valence-electron chi connectivity index (χ0n) is 8.66. The first-order valence-corrected chi connectivity index (χ1v) is 4.98. The van der Waals surface area contributed by atoms with Crippen LogP contribution in [0, 0.1) is 6.92 Å². The predicted molar refractivity (Wildman–Crippen MR) is 63.5 cm³/mol. The Hall–Kier alpha value is -1.16. The average molecular weight is 209 g/mol. The molecule has 4 heteroatoms. The van der Waals surface area contributed by atoms with Gasteiger partial charge in [0.1, 0.15) is 0 Å². The summed E-state index contributed by atoms with van der Waals surface area (Å²) in [5.74, 6) is 0. The molecule has 0 aromatic carbocycles. The van der Waals surface area contributed by atoms with Crippen molar-refractivity contribution in [2.24, 2.45) is 0 Å². The molecule has 1 heterocycles. The van der Waals surface area contributed by atoms with Crippen molar-refractivity contribution >= 4 is 23.0 Å². The number of anilines is 1. The van der Waals surface area contributed by atoms with Gasteiger partial charge < -0.3 is 10.6 Å². The van der Waals surface area contributed by atoms with Crippen LogP contribution in [0.2, 0.25) is 0 Å². The summed E-state index contributed by atoms with van der Waals surface area (Å²) >= 11 is 5.11. The zero-order chi connectivity index (χ0) is 10.6. The second kappa shape index (κ2) is 4.91. The van der Waals surface area contributed by atoms with E-state index in [-0.39, 0.29) is 0 Å². The molecule has 0 saturated heterocycles. The van der Waals surface area contributed by atoms with Gasteiger partial charge in [0.2, 0.25) is 0 Å². The molecule has 76 valence electrons. The van der Waals surface area contributed by atoms with Crippen LogP contribution in [0.1, 0.15) is 19.4 Å². The summed E-state index contributed by atoms with van der Waals surface area (Å²) < 4.78 is 0. The molecule has 1 rings (SSSR count). The lowest BCUT2D eigenvalue weighted by Crippen LogP contribution is -2.33. The van der Waals surface area contributed by atoms with E-state index in [4.69, 9.17) is 12.2 Å². The van der Waals surface area contributed by atoms with Gasteiger partial charge in [-0.1, -0.05) is 0 Å². The molecule has 3 nitrogen and oxygen atoms in total. The first kappa shape index (κ1) is 10.9. The minimum absolute atomic E-state index is 0.341. The first-order chi connectivity index (χ1) is 6.58. The summed E-state index contributed by atoms with van der Waals surface area (Å²) in [5, 5.41) is 6.81. The zero-order valence-corrected chi connectivity index (χ0v) is 9.48. The van der Waals surface area contributed by atoms with Crippen LogP contribution in [0.4, 0.5) is 5.69 Å². The van der Waals surface area contributed by atoms with Gasteiger partial charge in [0.15, 0.2) is 5.11 Å². The van der Waals surface area contributed by atoms with Crippen molar-refractivity contribution in [3.8, 4) is 0 Å². The molecule has 0 atom stereocenters. The summed E-state index contributed by atoms with van der Waals surface area (Å²) in [4.78, 5) is 4.07. The Labute approximate surface area is 89.9 Å². The van der Waals surface area contributed by atoms with Crippen LogP contribution < -0.4 is 10.6 Å². The molecule has 2 N–H and O–H groups in total. The number of rotatable bonds is 2. The number of aryl methyl sites for hydroxylation is 1. The molecular weight excluding hydrogens is 194 g/mol. The molecule has 0 aliphatic rings. The third-order valence-corrected chi connectivity index (χ3v) is 1.77. The van der Waals surface area contributed by atoms with Gasteiger partial charge in [-0.15, -0.1) is 0 Å². The summed E-state index contributed by atoms with van der Waals surface area (Å²) in [6, 6.07) is 2.34. The maximum Gasteiger partial charge on any atom is 0.171 e. The van der Waals surface area contributed by atoms with Gasteiger partial charge in [0.25, 0.3) is 0 Å². The predicted octanol–water partition coefficient (Wildman–Crippen LogP) is 2.08. The quantitative estimate of drug-likeness (QED) is 0.731. The normalized spacial score (nSPS) is 10.0. The Morgan fingerprint density at radius 1 is 1.43 bits per heavy atom. The van der Waals surface area contributed by atoms with Crippen molar-refractivity contribution in [2.75, 3.05) is 5.32 Å². The Morgan fingerprint density at radius 2 is 2.14 bits per heavy atom. The molecule has 1 aromatic heterocycles. The molecule has 0 spiro atoms. The van der Waals surface area contributed by atoms with E-state index in [1.165, 1.54) is 0 Å². The van der Waals surface area contributed by atoms with Crippen LogP contribution in [0.5, 0.6) is 0 Å². The summed E-state index contributed by atoms with van der Waals surface area (Å²) in [7, 11) is 0. The van der Waals surface area contributed by atoms with Crippen molar-refractivity contribution in [3.05, 3.63) is 24.0 Å². The largest absolute Gasteiger partial charge is 0.360 e. The molecular formula is C10H15N3S. The van der Waals surface area contributed by atoms with Gasteiger partial charge >= 0.3 is 0 Å². The fraction of sp³-hybridized carbons (Fsp3) is 0.400. The first-order valence-electron chi connectivity index (χ1n) is 4.57. The average Bonchev–Trinajstić information content (AvgIpc) is 2.01. The molecule has 0 unspecified atom stereocenters. The van der Waals surface area contributed by atoms with E-state index in [2.05, 4.69) is 15.6 Å². The van der Waals surface area contributed by atoms with Crippen LogP contribution in [0.15, 0.2) is 18.5 Å². The number of nitrogens with zero attached hydrogens (tertiary/aromatic N) is 1. The molecule has 0 amide bonds. The van der Waals surface area contributed by atoms with Crippen LogP contribution in [0.25, 0.3) is 0 Å². The number of thiocarbonyl (C=S) groups is 1. The second-order valence-electron chi connectivity index (χ2n) is 3.50. The van der Waals surface area contributed by atoms with Crippen molar-refractivity contribution in [1.29, 1.82) is 0 Å². The highest BCUT2D eigenvalue weighted by atomic mass is 32.1. The van der Waals surface area contributed by atoms with Crippen molar-refractivity contribution in [2.45, 2.75) is 26.8 Å². The molecule has 0 radical (unpaired) electrons. The number of pyridine rings is 1. The standard InChI is InChI=1S/C10H15N3S/c1-7(2)12-10(14)13-9-4-8(3)5-11-6-9/h4-7H,1-3H3,(H2,12,13,14). The second-order valence-corrected chi connectivity index (χ2v) is 3.91. The molecule has 0 aliphatic heterocycles. The number of nitrogens with one attached hydrogen (secondary N) is 2. The van der Waals surface area contributed by atoms with Crippen molar-refractivity contribution < 1.29 is 0 Å². The number of hydrogen-bond acceptors (Lipinski definition) is 2. The van der Waals surface area contributed by atoms with E-state index in [0.717, 1.165) is 11.3 Å².